The summed E-state index contributed by atoms with van der Waals surface area (Å²) in [5, 5.41) is 81.4. The molecule has 18 rings (SSSR count). The Hall–Kier alpha value is -18.6. The number of hydrogen-bond acceptors (Lipinski definition) is 25. The number of nitrogens with zero attached hydrogens (tertiary/aromatic N) is 19. The molecule has 0 spiro atoms. The van der Waals surface area contributed by atoms with E-state index in [0.717, 1.165) is 75.2 Å². The Kier molecular flexibility index (Phi) is 35.2. The van der Waals surface area contributed by atoms with E-state index in [1.54, 1.807) is 224 Å². The smallest absolute Gasteiger partial charge is 0.262 e. The van der Waals surface area contributed by atoms with Gasteiger partial charge in [0.25, 0.3) is 59.1 Å². The first-order valence-electron chi connectivity index (χ1n) is 45.4. The van der Waals surface area contributed by atoms with E-state index >= 15 is 0 Å². The highest BCUT2D eigenvalue weighted by Crippen LogP contribution is 2.28. The lowest BCUT2D eigenvalue weighted by molar-refractivity contribution is 0.101. The normalized spacial score (nSPS) is 12.0. The van der Waals surface area contributed by atoms with Crippen molar-refractivity contribution in [1.29, 1.82) is 21.6 Å². The number of amides is 10. The minimum atomic E-state index is -0.481. The number of pyridine rings is 5. The maximum atomic E-state index is 12.8. The molecule has 15 aromatic rings. The molecule has 764 valence electrons. The van der Waals surface area contributed by atoms with E-state index in [1.807, 2.05) is 14.7 Å². The molecule has 3 aliphatic rings. The fourth-order valence-electron chi connectivity index (χ4n) is 14.2. The third-order valence-corrected chi connectivity index (χ3v) is 23.8. The predicted molar refractivity (Wildman–Crippen MR) is 571 cm³/mol. The summed E-state index contributed by atoms with van der Waals surface area (Å²) >= 11 is 29.0. The quantitative estimate of drug-likeness (QED) is 0.0144. The Morgan fingerprint density at radius 1 is 0.253 bits per heavy atom. The van der Waals surface area contributed by atoms with Gasteiger partial charge in [-0.25, -0.2) is 24.9 Å². The number of amidine groups is 5. The lowest BCUT2D eigenvalue weighted by atomic mass is 10.1. The number of carbonyl (C=O) groups excluding carboxylic acids is 10. The number of benzene rings is 5. The number of carbonyl (C=O) groups is 10. The van der Waals surface area contributed by atoms with E-state index in [0.29, 0.717) is 116 Å². The number of nitrogens with one attached hydrogen (secondary N) is 14. The first-order chi connectivity index (χ1) is 72.0. The van der Waals surface area contributed by atoms with Gasteiger partial charge in [0.05, 0.1) is 56.1 Å². The molecular weight excluding hydrogens is 2030 g/mol. The van der Waals surface area contributed by atoms with Crippen molar-refractivity contribution in [3.63, 3.8) is 0 Å². The SMILES string of the molecule is CN=C(N)c1ccc(C(=O)Nc2c(C(=O)Nc3ccc(Cl)cn3)cnn2C)cc1.Cn1ncc(C(=O)Nc2ccc(Cl)cn2)c1NC(=O)c1ccc(C(=N)N)cc1.Cn1ncc(C(=O)Nc2ccc(Cl)cn2)c1NC(=O)c1ccc(C(=N)N2CC2)cc1.Cn1ncc(C(=O)Nc2ccc(Cl)cn2)c1NC(=O)c1ccc(C(=N)N2CCC2)cc1.Cn1ncc(C(=O)Nc2ccc(Cl)cn2)c1NC(=O)c1ccc(C(=N)N2CCCC2)cc1. The van der Waals surface area contributed by atoms with E-state index in [9.17, 15) is 47.9 Å². The number of aromatic nitrogens is 15. The lowest BCUT2D eigenvalue weighted by Crippen LogP contribution is -2.42. The molecule has 3 saturated heterocycles. The van der Waals surface area contributed by atoms with E-state index in [-0.39, 0.29) is 80.5 Å². The number of likely N-dealkylation sites (tertiary alicyclic amines) is 2. The number of nitrogen functional groups attached to an aromatic ring is 1. The Morgan fingerprint density at radius 3 is 0.627 bits per heavy atom. The van der Waals surface area contributed by atoms with Gasteiger partial charge in [-0.15, -0.1) is 0 Å². The molecule has 0 bridgehead atoms. The topological polar surface area (TPSA) is 614 Å². The van der Waals surface area contributed by atoms with Crippen LogP contribution in [0.5, 0.6) is 0 Å². The molecule has 50 heteroatoms. The van der Waals surface area contributed by atoms with Crippen LogP contribution in [0, 0.1) is 21.6 Å². The summed E-state index contributed by atoms with van der Waals surface area (Å²) in [6.45, 7) is 5.32. The second-order valence-electron chi connectivity index (χ2n) is 33.0. The first-order valence-corrected chi connectivity index (χ1v) is 47.3. The number of halogens is 5. The number of hydrogen-bond donors (Lipinski definition) is 16. The average molecular weight is 2120 g/mol. The maximum Gasteiger partial charge on any atom is 0.262 e. The van der Waals surface area contributed by atoms with Crippen molar-refractivity contribution in [2.24, 2.45) is 51.7 Å². The van der Waals surface area contributed by atoms with Gasteiger partial charge in [-0.3, -0.25) is 98.0 Å². The molecule has 0 aliphatic carbocycles. The summed E-state index contributed by atoms with van der Waals surface area (Å²) < 4.78 is 7.02. The largest absolute Gasteiger partial charge is 0.384 e. The van der Waals surface area contributed by atoms with Gasteiger partial charge in [0.2, 0.25) is 0 Å². The van der Waals surface area contributed by atoms with Crippen molar-refractivity contribution in [2.75, 3.05) is 99.5 Å². The minimum absolute atomic E-state index is 0.0895. The zero-order valence-corrected chi connectivity index (χ0v) is 84.4. The third-order valence-electron chi connectivity index (χ3n) is 22.7. The Bertz CT molecular complexity index is 7600. The van der Waals surface area contributed by atoms with Gasteiger partial charge in [-0.2, -0.15) is 25.5 Å². The molecule has 0 unspecified atom stereocenters. The van der Waals surface area contributed by atoms with Crippen LogP contribution in [-0.2, 0) is 35.2 Å². The third kappa shape index (κ3) is 27.9. The fourth-order valence-corrected chi connectivity index (χ4v) is 14.7. The average Bonchev–Trinajstić information content (AvgIpc) is 1.69. The van der Waals surface area contributed by atoms with Gasteiger partial charge in [0, 0.05) is 168 Å². The molecule has 10 amide bonds. The van der Waals surface area contributed by atoms with Gasteiger partial charge >= 0.3 is 0 Å². The van der Waals surface area contributed by atoms with Crippen molar-refractivity contribution in [3.8, 4) is 0 Å². The minimum Gasteiger partial charge on any atom is -0.384 e. The van der Waals surface area contributed by atoms with Crippen molar-refractivity contribution >= 4 is 204 Å². The molecule has 3 aliphatic heterocycles. The van der Waals surface area contributed by atoms with Gasteiger partial charge in [0.15, 0.2) is 0 Å². The van der Waals surface area contributed by atoms with Gasteiger partial charge in [-0.1, -0.05) is 119 Å². The standard InChI is InChI=1S/C22H22ClN7O2.C21H20ClN7O2.C20H18ClN7O2.C19H18ClN7O2.C18H16ClN7O2/c1-29-20(17(13-26-29)22(32)27-18-9-8-16(23)12-25-18)28-21(31)15-6-4-14(5-7-15)19(24)30-10-2-3-11-30;1-28-19(16(12-25-28)21(31)26-17-8-7-15(22)11-24-17)27-20(30)14-5-3-13(4-6-14)18(23)29-9-2-10-29;1-27-18(15(11-24-27)20(30)25-16-7-6-14(21)10-23-16)26-19(29)13-4-2-12(3-5-13)17(22)28-8-9-28;1-22-16(21)11-3-5-12(6-4-11)18(28)26-17-14(10-24-27(17)2)19(29)25-15-8-7-13(20)9-23-15;1-26-16(25-17(27)11-4-2-10(3-5-11)15(20)21)13(9-23-26)18(28)24-14-7-6-12(19)8-22-14/h4-9,12-13,24H,2-3,10-11H2,1H3,(H,28,31)(H,25,27,32);3-8,11-12,23H,2,9-10H2,1H3,(H,27,30)(H,24,26,31);2-7,10-11,22H,8-9H2,1H3,(H,26,29)(H,23,25,30);3-10H,1-2H3,(H2,21,22)(H,26,28)(H,23,25,29);2-9H,1H3,(H3,20,21)(H,25,27)(H,22,24,28). The monoisotopic (exact) mass is 2120 g/mol. The molecule has 0 atom stereocenters. The van der Waals surface area contributed by atoms with Gasteiger partial charge in [0.1, 0.15) is 115 Å². The zero-order chi connectivity index (χ0) is 107. The van der Waals surface area contributed by atoms with Crippen LogP contribution >= 0.6 is 58.0 Å². The van der Waals surface area contributed by atoms with Crippen molar-refractivity contribution in [3.05, 3.63) is 353 Å². The Balaban J connectivity index is 0.000000148. The zero-order valence-electron chi connectivity index (χ0n) is 80.6. The second-order valence-corrected chi connectivity index (χ2v) is 35.2. The Labute approximate surface area is 880 Å². The van der Waals surface area contributed by atoms with Crippen LogP contribution < -0.4 is 64.6 Å². The van der Waals surface area contributed by atoms with Crippen LogP contribution in [0.25, 0.3) is 0 Å². The van der Waals surface area contributed by atoms with Crippen molar-refractivity contribution < 1.29 is 47.9 Å². The number of rotatable bonds is 25. The molecular formula is C100H94Cl5N35O10. The van der Waals surface area contributed by atoms with Crippen LogP contribution in [0.3, 0.4) is 0 Å². The summed E-state index contributed by atoms with van der Waals surface area (Å²) in [7, 11) is 9.70. The van der Waals surface area contributed by atoms with Crippen LogP contribution in [0.4, 0.5) is 58.2 Å². The molecule has 150 heavy (non-hydrogen) atoms. The maximum absolute atomic E-state index is 12.8. The molecule has 45 nitrogen and oxygen atoms in total. The molecule has 10 aromatic heterocycles. The molecule has 18 N–H and O–H groups in total. The van der Waals surface area contributed by atoms with E-state index < -0.39 is 41.4 Å². The van der Waals surface area contributed by atoms with Crippen molar-refractivity contribution in [2.45, 2.75) is 19.3 Å². The lowest BCUT2D eigenvalue weighted by Gasteiger charge is -2.33. The summed E-state index contributed by atoms with van der Waals surface area (Å²) in [6.07, 6.45) is 17.2. The number of aryl methyl sites for hydroxylation is 5. The molecule has 3 fully saturated rings. The van der Waals surface area contributed by atoms with Crippen LogP contribution in [0.2, 0.25) is 25.1 Å². The van der Waals surface area contributed by atoms with Crippen LogP contribution in [-0.4, -0.2) is 223 Å². The number of aliphatic imine (C=N–C) groups is 1. The van der Waals surface area contributed by atoms with Crippen molar-refractivity contribution in [1.82, 2.24) is 88.5 Å². The summed E-state index contributed by atoms with van der Waals surface area (Å²) in [5.74, 6) is 0.222. The summed E-state index contributed by atoms with van der Waals surface area (Å²) in [4.78, 5) is 156. The Morgan fingerprint density at radius 2 is 0.447 bits per heavy atom. The van der Waals surface area contributed by atoms with E-state index in [2.05, 4.69) is 109 Å². The highest BCUT2D eigenvalue weighted by Gasteiger charge is 2.29. The number of nitrogens with two attached hydrogens (primary N) is 2. The van der Waals surface area contributed by atoms with E-state index in [4.69, 9.17) is 91.1 Å². The van der Waals surface area contributed by atoms with E-state index in [1.165, 1.54) is 85.4 Å². The molecule has 5 aromatic carbocycles. The van der Waals surface area contributed by atoms with Crippen LogP contribution in [0.15, 0.2) is 249 Å². The van der Waals surface area contributed by atoms with Gasteiger partial charge < -0.3 is 79.3 Å². The number of anilines is 10. The summed E-state index contributed by atoms with van der Waals surface area (Å²) in [5.41, 5.74) is 17.6. The van der Waals surface area contributed by atoms with Crippen LogP contribution in [0.1, 0.15) is 151 Å². The highest BCUT2D eigenvalue weighted by atomic mass is 35.5. The fraction of sp³-hybridized carbons (Fsp3) is 0.150. The summed E-state index contributed by atoms with van der Waals surface area (Å²) in [6, 6.07) is 49.2. The first kappa shape index (κ1) is 107. The highest BCUT2D eigenvalue weighted by molar-refractivity contribution is 6.32. The molecule has 0 saturated carbocycles. The second kappa shape index (κ2) is 49.3. The predicted octanol–water partition coefficient (Wildman–Crippen LogP) is 13.6. The molecule has 0 radical (unpaired) electrons. The van der Waals surface area contributed by atoms with Gasteiger partial charge in [-0.05, 0) is 141 Å². The molecule has 13 heterocycles.